The van der Waals surface area contributed by atoms with Crippen molar-refractivity contribution in [2.24, 2.45) is 0 Å². The average molecular weight is 405 g/mol. The second kappa shape index (κ2) is 8.36. The van der Waals surface area contributed by atoms with Gasteiger partial charge in [0.1, 0.15) is 23.5 Å². The first-order valence-electron chi connectivity index (χ1n) is 10.4. The van der Waals surface area contributed by atoms with Crippen molar-refractivity contribution in [1.82, 2.24) is 0 Å². The zero-order valence-electron chi connectivity index (χ0n) is 16.9. The number of aryl methyl sites for hydroxylation is 1. The first kappa shape index (κ1) is 20.2. The second-order valence-corrected chi connectivity index (χ2v) is 7.86. The monoisotopic (exact) mass is 405 g/mol. The third-order valence-electron chi connectivity index (χ3n) is 5.84. The minimum absolute atomic E-state index is 0.0943. The van der Waals surface area contributed by atoms with Gasteiger partial charge in [-0.3, -0.25) is 0 Å². The first-order valence-corrected chi connectivity index (χ1v) is 10.4. The number of fused-ring (bicyclic) bond motifs is 3. The van der Waals surface area contributed by atoms with Gasteiger partial charge in [0.2, 0.25) is 0 Å². The first-order chi connectivity index (χ1) is 14.5. The Morgan fingerprint density at radius 3 is 2.47 bits per heavy atom. The summed E-state index contributed by atoms with van der Waals surface area (Å²) in [7, 11) is 0. The molecule has 3 aromatic rings. The summed E-state index contributed by atoms with van der Waals surface area (Å²) in [6.07, 6.45) is 6.10. The molecule has 0 atom stereocenters. The van der Waals surface area contributed by atoms with Crippen LogP contribution in [0.25, 0.3) is 22.3 Å². The molecule has 0 fully saturated rings. The van der Waals surface area contributed by atoms with Crippen molar-refractivity contribution in [2.45, 2.75) is 45.4 Å². The van der Waals surface area contributed by atoms with Crippen LogP contribution in [0.5, 0.6) is 0 Å². The SMILES string of the molecule is CCCCCCc1ccc2c(c1)Cc1c-2cc(F)c(-c2ccc(C#N)c(F)c2)c1F. The molecule has 0 N–H and O–H groups in total. The van der Waals surface area contributed by atoms with E-state index in [-0.39, 0.29) is 16.7 Å². The van der Waals surface area contributed by atoms with E-state index in [9.17, 15) is 8.78 Å². The lowest BCUT2D eigenvalue weighted by atomic mass is 9.96. The van der Waals surface area contributed by atoms with Crippen LogP contribution in [0.4, 0.5) is 13.2 Å². The number of hydrogen-bond acceptors (Lipinski definition) is 1. The zero-order valence-corrected chi connectivity index (χ0v) is 16.9. The van der Waals surface area contributed by atoms with Gasteiger partial charge in [-0.1, -0.05) is 50.5 Å². The quantitative estimate of drug-likeness (QED) is 0.308. The summed E-state index contributed by atoms with van der Waals surface area (Å²) < 4.78 is 44.3. The number of hydrogen-bond donors (Lipinski definition) is 0. The molecule has 0 saturated heterocycles. The highest BCUT2D eigenvalue weighted by Gasteiger charge is 2.27. The Hall–Kier alpha value is -3.06. The Bertz CT molecular complexity index is 1160. The number of benzene rings is 3. The molecule has 0 radical (unpaired) electrons. The van der Waals surface area contributed by atoms with Crippen LogP contribution in [-0.2, 0) is 12.8 Å². The van der Waals surface area contributed by atoms with E-state index in [1.54, 1.807) is 6.07 Å². The predicted octanol–water partition coefficient (Wildman–Crippen LogP) is 7.34. The molecule has 30 heavy (non-hydrogen) atoms. The molecule has 0 heterocycles. The predicted molar refractivity (Wildman–Crippen MR) is 113 cm³/mol. The lowest BCUT2D eigenvalue weighted by Gasteiger charge is -2.11. The molecule has 0 bridgehead atoms. The van der Waals surface area contributed by atoms with Gasteiger partial charge in [0.25, 0.3) is 0 Å². The molecule has 152 valence electrons. The normalized spacial score (nSPS) is 11.8. The third kappa shape index (κ3) is 3.61. The van der Waals surface area contributed by atoms with E-state index in [4.69, 9.17) is 5.26 Å². The second-order valence-electron chi connectivity index (χ2n) is 7.86. The summed E-state index contributed by atoms with van der Waals surface area (Å²) in [5, 5.41) is 8.88. The summed E-state index contributed by atoms with van der Waals surface area (Å²) in [4.78, 5) is 0. The maximum absolute atomic E-state index is 15.4. The van der Waals surface area contributed by atoms with Crippen molar-refractivity contribution in [2.75, 3.05) is 0 Å². The molecule has 1 nitrogen and oxygen atoms in total. The Morgan fingerprint density at radius 2 is 1.73 bits per heavy atom. The summed E-state index contributed by atoms with van der Waals surface area (Å²) in [5.41, 5.74) is 3.77. The lowest BCUT2D eigenvalue weighted by Crippen LogP contribution is -1.98. The Morgan fingerprint density at radius 1 is 0.900 bits per heavy atom. The maximum Gasteiger partial charge on any atom is 0.141 e. The molecule has 0 aliphatic heterocycles. The molecule has 4 heteroatoms. The molecule has 0 saturated carbocycles. The molecule has 1 aliphatic rings. The molecule has 3 aromatic carbocycles. The van der Waals surface area contributed by atoms with Crippen LogP contribution in [0.2, 0.25) is 0 Å². The third-order valence-corrected chi connectivity index (χ3v) is 5.84. The summed E-state index contributed by atoms with van der Waals surface area (Å²) in [6.45, 7) is 2.18. The van der Waals surface area contributed by atoms with E-state index in [1.807, 2.05) is 12.1 Å². The van der Waals surface area contributed by atoms with Crippen LogP contribution in [0, 0.1) is 28.8 Å². The molecule has 0 unspecified atom stereocenters. The molecule has 4 rings (SSSR count). The highest BCUT2D eigenvalue weighted by atomic mass is 19.1. The van der Waals surface area contributed by atoms with Crippen molar-refractivity contribution in [3.8, 4) is 28.3 Å². The highest BCUT2D eigenvalue weighted by molar-refractivity contribution is 5.81. The van der Waals surface area contributed by atoms with Crippen LogP contribution in [0.3, 0.4) is 0 Å². The molecule has 0 amide bonds. The fourth-order valence-corrected chi connectivity index (χ4v) is 4.26. The molecule has 1 aliphatic carbocycles. The van der Waals surface area contributed by atoms with E-state index in [0.717, 1.165) is 30.0 Å². The summed E-state index contributed by atoms with van der Waals surface area (Å²) >= 11 is 0. The Balaban J connectivity index is 1.68. The standard InChI is InChI=1S/C26H22F3N/c1-2-3-4-5-6-16-7-10-20-19(11-16)12-22-21(20)14-24(28)25(26(22)29)17-8-9-18(15-30)23(27)13-17/h7-11,13-14H,2-6,12H2,1H3. The van der Waals surface area contributed by atoms with Crippen molar-refractivity contribution >= 4 is 0 Å². The Labute approximate surface area is 174 Å². The Kier molecular flexibility index (Phi) is 5.63. The van der Waals surface area contributed by atoms with Crippen molar-refractivity contribution in [3.63, 3.8) is 0 Å². The van der Waals surface area contributed by atoms with E-state index in [1.165, 1.54) is 43.0 Å². The van der Waals surface area contributed by atoms with E-state index in [2.05, 4.69) is 13.0 Å². The molecular weight excluding hydrogens is 383 g/mol. The van der Waals surface area contributed by atoms with Gasteiger partial charge < -0.3 is 0 Å². The number of nitriles is 1. The number of halogens is 3. The van der Waals surface area contributed by atoms with Crippen LogP contribution < -0.4 is 0 Å². The number of rotatable bonds is 6. The minimum Gasteiger partial charge on any atom is -0.206 e. The zero-order chi connectivity index (χ0) is 21.3. The van der Waals surface area contributed by atoms with Gasteiger partial charge in [-0.25, -0.2) is 13.2 Å². The average Bonchev–Trinajstić information content (AvgIpc) is 3.09. The van der Waals surface area contributed by atoms with Crippen molar-refractivity contribution in [3.05, 3.63) is 82.2 Å². The molecule has 0 spiro atoms. The lowest BCUT2D eigenvalue weighted by molar-refractivity contribution is 0.582. The molecule has 0 aromatic heterocycles. The largest absolute Gasteiger partial charge is 0.206 e. The number of nitrogens with zero attached hydrogens (tertiary/aromatic N) is 1. The van der Waals surface area contributed by atoms with E-state index >= 15 is 4.39 Å². The smallest absolute Gasteiger partial charge is 0.141 e. The summed E-state index contributed by atoms with van der Waals surface area (Å²) in [6, 6.07) is 12.8. The van der Waals surface area contributed by atoms with Crippen molar-refractivity contribution in [1.29, 1.82) is 5.26 Å². The van der Waals surface area contributed by atoms with Gasteiger partial charge in [-0.05, 0) is 58.9 Å². The van der Waals surface area contributed by atoms with Crippen LogP contribution in [0.1, 0.15) is 54.9 Å². The van der Waals surface area contributed by atoms with Crippen LogP contribution in [-0.4, -0.2) is 0 Å². The topological polar surface area (TPSA) is 23.8 Å². The van der Waals surface area contributed by atoms with E-state index < -0.39 is 17.5 Å². The van der Waals surface area contributed by atoms with Gasteiger partial charge in [0.05, 0.1) is 11.1 Å². The number of unbranched alkanes of at least 4 members (excludes halogenated alkanes) is 3. The fraction of sp³-hybridized carbons (Fsp3) is 0.269. The van der Waals surface area contributed by atoms with Crippen LogP contribution in [0.15, 0.2) is 42.5 Å². The van der Waals surface area contributed by atoms with Crippen LogP contribution >= 0.6 is 0 Å². The van der Waals surface area contributed by atoms with Gasteiger partial charge in [0.15, 0.2) is 0 Å². The summed E-state index contributed by atoms with van der Waals surface area (Å²) in [5.74, 6) is -2.17. The van der Waals surface area contributed by atoms with Gasteiger partial charge in [-0.15, -0.1) is 0 Å². The highest BCUT2D eigenvalue weighted by Crippen LogP contribution is 2.42. The van der Waals surface area contributed by atoms with Gasteiger partial charge >= 0.3 is 0 Å². The maximum atomic E-state index is 15.4. The van der Waals surface area contributed by atoms with Gasteiger partial charge in [-0.2, -0.15) is 5.26 Å². The van der Waals surface area contributed by atoms with Gasteiger partial charge in [0, 0.05) is 12.0 Å². The van der Waals surface area contributed by atoms with Crippen molar-refractivity contribution < 1.29 is 13.2 Å². The fourth-order valence-electron chi connectivity index (χ4n) is 4.26. The van der Waals surface area contributed by atoms with E-state index in [0.29, 0.717) is 17.5 Å². The minimum atomic E-state index is -0.787. The molecular formula is C26H22F3N.